The number of fused-ring (bicyclic) bond motifs is 1. The zero-order valence-corrected chi connectivity index (χ0v) is 17.4. The van der Waals surface area contributed by atoms with Crippen LogP contribution in [0, 0.1) is 0 Å². The Balaban J connectivity index is 1.52. The third kappa shape index (κ3) is 4.27. The lowest BCUT2D eigenvalue weighted by Crippen LogP contribution is -2.41. The SMILES string of the molecule is CC(C)(C)[Si](C)(C)OCCNc1ccc2c(c1)CCC1(C2)OCCO1. The number of benzene rings is 1. The second-order valence-corrected chi connectivity index (χ2v) is 13.6. The fourth-order valence-electron chi connectivity index (χ4n) is 3.31. The monoisotopic (exact) mass is 363 g/mol. The van der Waals surface area contributed by atoms with Crippen LogP contribution >= 0.6 is 0 Å². The van der Waals surface area contributed by atoms with E-state index in [9.17, 15) is 0 Å². The summed E-state index contributed by atoms with van der Waals surface area (Å²) in [7, 11) is -1.65. The van der Waals surface area contributed by atoms with Crippen LogP contribution in [-0.2, 0) is 26.7 Å². The molecule has 0 amide bonds. The summed E-state index contributed by atoms with van der Waals surface area (Å²) in [5, 5.41) is 3.78. The van der Waals surface area contributed by atoms with E-state index < -0.39 is 8.32 Å². The lowest BCUT2D eigenvalue weighted by Gasteiger charge is -2.36. The zero-order chi connectivity index (χ0) is 18.1. The molecule has 1 fully saturated rings. The van der Waals surface area contributed by atoms with Gasteiger partial charge in [0, 0.05) is 25.1 Å². The van der Waals surface area contributed by atoms with Gasteiger partial charge in [0.05, 0.1) is 19.8 Å². The summed E-state index contributed by atoms with van der Waals surface area (Å²) in [5.41, 5.74) is 3.96. The molecule has 1 heterocycles. The number of anilines is 1. The van der Waals surface area contributed by atoms with Crippen LogP contribution in [0.5, 0.6) is 0 Å². The van der Waals surface area contributed by atoms with Gasteiger partial charge < -0.3 is 19.2 Å². The molecule has 3 rings (SSSR count). The molecule has 0 bridgehead atoms. The minimum Gasteiger partial charge on any atom is -0.415 e. The normalized spacial score (nSPS) is 19.9. The highest BCUT2D eigenvalue weighted by molar-refractivity contribution is 6.74. The second-order valence-electron chi connectivity index (χ2n) is 8.80. The molecule has 1 aliphatic heterocycles. The molecule has 0 atom stereocenters. The summed E-state index contributed by atoms with van der Waals surface area (Å²) in [6.07, 6.45) is 2.85. The Labute approximate surface area is 153 Å². The molecule has 0 unspecified atom stereocenters. The minimum atomic E-state index is -1.65. The van der Waals surface area contributed by atoms with Crippen LogP contribution in [0.1, 0.15) is 38.3 Å². The minimum absolute atomic E-state index is 0.263. The molecule has 2 aliphatic rings. The van der Waals surface area contributed by atoms with Gasteiger partial charge in [0.15, 0.2) is 14.1 Å². The van der Waals surface area contributed by atoms with Gasteiger partial charge in [0.2, 0.25) is 0 Å². The summed E-state index contributed by atoms with van der Waals surface area (Å²) in [4.78, 5) is 0. The molecule has 0 radical (unpaired) electrons. The van der Waals surface area contributed by atoms with Gasteiger partial charge >= 0.3 is 0 Å². The first-order valence-electron chi connectivity index (χ1n) is 9.48. The molecule has 1 aliphatic carbocycles. The van der Waals surface area contributed by atoms with Crippen molar-refractivity contribution in [1.29, 1.82) is 0 Å². The number of hydrogen-bond donors (Lipinski definition) is 1. The quantitative estimate of drug-likeness (QED) is 0.623. The van der Waals surface area contributed by atoms with Crippen LogP contribution in [0.4, 0.5) is 5.69 Å². The Bertz CT molecular complexity index is 603. The fourth-order valence-corrected chi connectivity index (χ4v) is 4.35. The van der Waals surface area contributed by atoms with E-state index in [2.05, 4.69) is 57.4 Å². The fraction of sp³-hybridized carbons (Fsp3) is 0.700. The molecule has 0 saturated carbocycles. The van der Waals surface area contributed by atoms with Gasteiger partial charge in [-0.05, 0) is 47.8 Å². The van der Waals surface area contributed by atoms with Crippen LogP contribution in [0.2, 0.25) is 18.1 Å². The maximum atomic E-state index is 6.23. The summed E-state index contributed by atoms with van der Waals surface area (Å²) in [6, 6.07) is 6.67. The van der Waals surface area contributed by atoms with Crippen molar-refractivity contribution in [2.45, 2.75) is 64.0 Å². The second kappa shape index (κ2) is 7.03. The van der Waals surface area contributed by atoms with E-state index >= 15 is 0 Å². The summed E-state index contributed by atoms with van der Waals surface area (Å²) >= 11 is 0. The van der Waals surface area contributed by atoms with Gasteiger partial charge in [0.25, 0.3) is 0 Å². The zero-order valence-electron chi connectivity index (χ0n) is 16.4. The third-order valence-electron chi connectivity index (χ3n) is 5.96. The molecule has 140 valence electrons. The van der Waals surface area contributed by atoms with E-state index in [1.807, 2.05) is 0 Å². The summed E-state index contributed by atoms with van der Waals surface area (Å²) in [6.45, 7) is 14.5. The van der Waals surface area contributed by atoms with Crippen LogP contribution in [0.3, 0.4) is 0 Å². The molecule has 5 heteroatoms. The first-order chi connectivity index (χ1) is 11.7. The Hall–Kier alpha value is -0.883. The molecule has 0 aromatic heterocycles. The van der Waals surface area contributed by atoms with E-state index in [0.717, 1.165) is 45.6 Å². The van der Waals surface area contributed by atoms with E-state index in [1.165, 1.54) is 16.8 Å². The number of ether oxygens (including phenoxy) is 2. The van der Waals surface area contributed by atoms with Gasteiger partial charge in [0.1, 0.15) is 0 Å². The average Bonchev–Trinajstić information content (AvgIpc) is 2.98. The van der Waals surface area contributed by atoms with E-state index in [-0.39, 0.29) is 10.8 Å². The van der Waals surface area contributed by atoms with E-state index in [1.54, 1.807) is 0 Å². The number of aryl methyl sites for hydroxylation is 1. The maximum absolute atomic E-state index is 6.23. The molecule has 4 nitrogen and oxygen atoms in total. The molecule has 1 spiro atoms. The Morgan fingerprint density at radius 2 is 1.88 bits per heavy atom. The smallest absolute Gasteiger partial charge is 0.192 e. The highest BCUT2D eigenvalue weighted by Gasteiger charge is 2.39. The first kappa shape index (κ1) is 18.9. The molecule has 1 saturated heterocycles. The van der Waals surface area contributed by atoms with Crippen LogP contribution < -0.4 is 5.32 Å². The molecule has 1 aromatic rings. The Morgan fingerprint density at radius 3 is 2.56 bits per heavy atom. The summed E-state index contributed by atoms with van der Waals surface area (Å²) in [5.74, 6) is -0.348. The van der Waals surface area contributed by atoms with Crippen molar-refractivity contribution in [3.8, 4) is 0 Å². The molecular weight excluding hydrogens is 330 g/mol. The van der Waals surface area contributed by atoms with Crippen LogP contribution in [0.25, 0.3) is 0 Å². The van der Waals surface area contributed by atoms with E-state index in [0.29, 0.717) is 0 Å². The van der Waals surface area contributed by atoms with Gasteiger partial charge in [-0.2, -0.15) is 0 Å². The highest BCUT2D eigenvalue weighted by Crippen LogP contribution is 2.37. The van der Waals surface area contributed by atoms with Crippen molar-refractivity contribution in [1.82, 2.24) is 0 Å². The Morgan fingerprint density at radius 1 is 1.16 bits per heavy atom. The number of rotatable bonds is 5. The molecule has 1 aromatic carbocycles. The van der Waals surface area contributed by atoms with Gasteiger partial charge in [-0.3, -0.25) is 0 Å². The maximum Gasteiger partial charge on any atom is 0.192 e. The van der Waals surface area contributed by atoms with Gasteiger partial charge in [-0.15, -0.1) is 0 Å². The van der Waals surface area contributed by atoms with Crippen molar-refractivity contribution in [3.05, 3.63) is 29.3 Å². The predicted octanol–water partition coefficient (Wildman–Crippen LogP) is 4.35. The largest absolute Gasteiger partial charge is 0.415 e. The molecular formula is C20H33NO3Si. The standard InChI is InChI=1S/C20H33NO3Si/c1-19(2,3)25(4,5)24-11-10-21-18-7-6-17-15-20(22-12-13-23-20)9-8-16(17)14-18/h6-7,14,21H,8-13,15H2,1-5H3. The van der Waals surface area contributed by atoms with Crippen molar-refractivity contribution < 1.29 is 13.9 Å². The average molecular weight is 364 g/mol. The van der Waals surface area contributed by atoms with E-state index in [4.69, 9.17) is 13.9 Å². The molecule has 25 heavy (non-hydrogen) atoms. The van der Waals surface area contributed by atoms with Gasteiger partial charge in [-0.25, -0.2) is 0 Å². The van der Waals surface area contributed by atoms with Crippen molar-refractivity contribution in [3.63, 3.8) is 0 Å². The third-order valence-corrected chi connectivity index (χ3v) is 10.5. The lowest BCUT2D eigenvalue weighted by molar-refractivity contribution is -0.163. The van der Waals surface area contributed by atoms with Crippen molar-refractivity contribution in [2.24, 2.45) is 0 Å². The number of nitrogens with one attached hydrogen (secondary N) is 1. The van der Waals surface area contributed by atoms with Crippen LogP contribution in [-0.4, -0.2) is 40.5 Å². The first-order valence-corrected chi connectivity index (χ1v) is 12.4. The summed E-state index contributed by atoms with van der Waals surface area (Å²) < 4.78 is 17.9. The Kier molecular flexibility index (Phi) is 5.31. The number of hydrogen-bond acceptors (Lipinski definition) is 4. The topological polar surface area (TPSA) is 39.7 Å². The molecule has 1 N–H and O–H groups in total. The van der Waals surface area contributed by atoms with Gasteiger partial charge in [-0.1, -0.05) is 26.8 Å². The van der Waals surface area contributed by atoms with Crippen LogP contribution in [0.15, 0.2) is 18.2 Å². The predicted molar refractivity (Wildman–Crippen MR) is 105 cm³/mol. The highest BCUT2D eigenvalue weighted by atomic mass is 28.4. The van der Waals surface area contributed by atoms with Crippen molar-refractivity contribution in [2.75, 3.05) is 31.7 Å². The lowest BCUT2D eigenvalue weighted by atomic mass is 9.87. The van der Waals surface area contributed by atoms with Crippen molar-refractivity contribution >= 4 is 14.0 Å².